The smallest absolute Gasteiger partial charge is 0.257 e. The van der Waals surface area contributed by atoms with E-state index >= 15 is 0 Å². The van der Waals surface area contributed by atoms with Crippen LogP contribution < -0.4 is 20.7 Å². The van der Waals surface area contributed by atoms with Gasteiger partial charge in [0, 0.05) is 19.1 Å². The third kappa shape index (κ3) is 7.89. The molecule has 6 heteroatoms. The Bertz CT molecular complexity index is 610. The summed E-state index contributed by atoms with van der Waals surface area (Å²) >= 11 is 0. The summed E-state index contributed by atoms with van der Waals surface area (Å²) in [5.74, 6) is 2.28. The number of carbonyl (C=O) groups excluding carboxylic acids is 1. The molecular formula is C21H34N4O2. The van der Waals surface area contributed by atoms with Gasteiger partial charge in [0.25, 0.3) is 5.91 Å². The van der Waals surface area contributed by atoms with Gasteiger partial charge in [0.05, 0.1) is 6.54 Å². The Hall–Kier alpha value is -2.24. The van der Waals surface area contributed by atoms with E-state index < -0.39 is 0 Å². The number of hydrogen-bond acceptors (Lipinski definition) is 3. The van der Waals surface area contributed by atoms with Gasteiger partial charge in [-0.1, -0.05) is 19.1 Å². The van der Waals surface area contributed by atoms with Gasteiger partial charge in [-0.15, -0.1) is 0 Å². The van der Waals surface area contributed by atoms with Crippen molar-refractivity contribution in [3.8, 4) is 5.75 Å². The molecule has 1 aliphatic rings. The predicted molar refractivity (Wildman–Crippen MR) is 110 cm³/mol. The summed E-state index contributed by atoms with van der Waals surface area (Å²) in [5.41, 5.74) is 1.05. The Morgan fingerprint density at radius 2 is 1.89 bits per heavy atom. The van der Waals surface area contributed by atoms with E-state index in [0.717, 1.165) is 24.0 Å². The number of nitrogens with zero attached hydrogens (tertiary/aromatic N) is 1. The first-order valence-corrected chi connectivity index (χ1v) is 10.1. The van der Waals surface area contributed by atoms with Gasteiger partial charge >= 0.3 is 0 Å². The molecule has 0 bridgehead atoms. The lowest BCUT2D eigenvalue weighted by Crippen LogP contribution is -2.44. The molecule has 2 rings (SSSR count). The number of rotatable bonds is 8. The zero-order valence-corrected chi connectivity index (χ0v) is 16.9. The fourth-order valence-electron chi connectivity index (χ4n) is 3.22. The molecule has 0 aromatic heterocycles. The van der Waals surface area contributed by atoms with Crippen LogP contribution in [-0.2, 0) is 11.3 Å². The van der Waals surface area contributed by atoms with Crippen LogP contribution in [0.5, 0.6) is 5.75 Å². The van der Waals surface area contributed by atoms with E-state index in [-0.39, 0.29) is 12.5 Å². The van der Waals surface area contributed by atoms with Crippen molar-refractivity contribution in [1.29, 1.82) is 0 Å². The van der Waals surface area contributed by atoms with E-state index in [1.807, 2.05) is 31.2 Å². The second-order valence-electron chi connectivity index (χ2n) is 7.19. The van der Waals surface area contributed by atoms with Crippen LogP contribution in [0.1, 0.15) is 52.0 Å². The lowest BCUT2D eigenvalue weighted by atomic mass is 9.87. The molecule has 0 spiro atoms. The molecule has 3 N–H and O–H groups in total. The Labute approximate surface area is 163 Å². The summed E-state index contributed by atoms with van der Waals surface area (Å²) in [5, 5.41) is 9.63. The topological polar surface area (TPSA) is 74.8 Å². The van der Waals surface area contributed by atoms with Gasteiger partial charge in [-0.2, -0.15) is 0 Å². The first-order chi connectivity index (χ1) is 13.1. The molecule has 1 aromatic rings. The molecule has 1 amide bonds. The second kappa shape index (κ2) is 11.5. The first kappa shape index (κ1) is 21.1. The second-order valence-corrected chi connectivity index (χ2v) is 7.19. The largest absolute Gasteiger partial charge is 0.484 e. The molecule has 1 aliphatic carbocycles. The molecule has 27 heavy (non-hydrogen) atoms. The number of ether oxygens (including phenoxy) is 1. The zero-order valence-electron chi connectivity index (χ0n) is 16.9. The molecule has 0 unspecified atom stereocenters. The minimum absolute atomic E-state index is 0.0326. The summed E-state index contributed by atoms with van der Waals surface area (Å²) < 4.78 is 5.56. The summed E-state index contributed by atoms with van der Waals surface area (Å²) in [6, 6.07) is 8.26. The van der Waals surface area contributed by atoms with Crippen LogP contribution >= 0.6 is 0 Å². The fraction of sp³-hybridized carbons (Fsp3) is 0.619. The maximum absolute atomic E-state index is 11.5. The van der Waals surface area contributed by atoms with Crippen molar-refractivity contribution in [3.05, 3.63) is 29.8 Å². The molecule has 1 saturated carbocycles. The highest BCUT2D eigenvalue weighted by atomic mass is 16.5. The molecule has 1 fully saturated rings. The minimum Gasteiger partial charge on any atom is -0.484 e. The van der Waals surface area contributed by atoms with E-state index in [2.05, 4.69) is 29.8 Å². The van der Waals surface area contributed by atoms with Crippen LogP contribution in [0.25, 0.3) is 0 Å². The molecule has 6 nitrogen and oxygen atoms in total. The summed E-state index contributed by atoms with van der Waals surface area (Å²) in [6.07, 6.45) is 4.97. The molecule has 0 radical (unpaired) electrons. The molecule has 0 atom stereocenters. The standard InChI is InChI=1S/C21H34N4O2/c1-4-22-20(26)15-27-19-8-6-7-17(13-19)14-24-21(23-5-2)25-18-11-9-16(3)10-12-18/h6-8,13,16,18H,4-5,9-12,14-15H2,1-3H3,(H,22,26)(H2,23,24,25). The fourth-order valence-corrected chi connectivity index (χ4v) is 3.22. The molecule has 0 saturated heterocycles. The van der Waals surface area contributed by atoms with Crippen molar-refractivity contribution in [3.63, 3.8) is 0 Å². The van der Waals surface area contributed by atoms with Crippen LogP contribution in [0.2, 0.25) is 0 Å². The maximum Gasteiger partial charge on any atom is 0.257 e. The molecule has 0 aliphatic heterocycles. The Balaban J connectivity index is 1.90. The Morgan fingerprint density at radius 3 is 2.59 bits per heavy atom. The van der Waals surface area contributed by atoms with Crippen molar-refractivity contribution in [2.75, 3.05) is 19.7 Å². The monoisotopic (exact) mass is 374 g/mol. The van der Waals surface area contributed by atoms with Gasteiger partial charge in [0.2, 0.25) is 0 Å². The maximum atomic E-state index is 11.5. The lowest BCUT2D eigenvalue weighted by molar-refractivity contribution is -0.122. The van der Waals surface area contributed by atoms with Crippen LogP contribution in [0.4, 0.5) is 0 Å². The van der Waals surface area contributed by atoms with E-state index in [9.17, 15) is 4.79 Å². The molecule has 150 valence electrons. The van der Waals surface area contributed by atoms with Crippen LogP contribution in [0.3, 0.4) is 0 Å². The number of likely N-dealkylation sites (N-methyl/N-ethyl adjacent to an activating group) is 1. The average molecular weight is 375 g/mol. The van der Waals surface area contributed by atoms with Crippen molar-refractivity contribution in [2.24, 2.45) is 10.9 Å². The van der Waals surface area contributed by atoms with E-state index in [4.69, 9.17) is 9.73 Å². The molecule has 0 heterocycles. The number of guanidine groups is 1. The Kier molecular flexibility index (Phi) is 8.95. The molecular weight excluding hydrogens is 340 g/mol. The number of hydrogen-bond donors (Lipinski definition) is 3. The van der Waals surface area contributed by atoms with E-state index in [1.165, 1.54) is 25.7 Å². The summed E-state index contributed by atoms with van der Waals surface area (Å²) in [4.78, 5) is 16.2. The SMILES string of the molecule is CCNC(=O)COc1cccc(CN=C(NCC)NC2CCC(C)CC2)c1. The van der Waals surface area contributed by atoms with Gasteiger partial charge in [0.15, 0.2) is 12.6 Å². The number of benzene rings is 1. The lowest BCUT2D eigenvalue weighted by Gasteiger charge is -2.28. The third-order valence-electron chi connectivity index (χ3n) is 4.76. The van der Waals surface area contributed by atoms with E-state index in [1.54, 1.807) is 0 Å². The zero-order chi connectivity index (χ0) is 19.5. The van der Waals surface area contributed by atoms with Gasteiger partial charge < -0.3 is 20.7 Å². The van der Waals surface area contributed by atoms with Gasteiger partial charge in [-0.3, -0.25) is 4.79 Å². The third-order valence-corrected chi connectivity index (χ3v) is 4.76. The molecule has 1 aromatic carbocycles. The number of amides is 1. The van der Waals surface area contributed by atoms with Crippen molar-refractivity contribution >= 4 is 11.9 Å². The summed E-state index contributed by atoms with van der Waals surface area (Å²) in [7, 11) is 0. The van der Waals surface area contributed by atoms with Crippen LogP contribution in [0, 0.1) is 5.92 Å². The van der Waals surface area contributed by atoms with E-state index in [0.29, 0.717) is 24.9 Å². The number of carbonyl (C=O) groups is 1. The van der Waals surface area contributed by atoms with Crippen molar-refractivity contribution < 1.29 is 9.53 Å². The number of nitrogens with one attached hydrogen (secondary N) is 3. The highest BCUT2D eigenvalue weighted by molar-refractivity contribution is 5.80. The highest BCUT2D eigenvalue weighted by Crippen LogP contribution is 2.23. The van der Waals surface area contributed by atoms with Crippen molar-refractivity contribution in [2.45, 2.75) is 59.0 Å². The number of aliphatic imine (C=N–C) groups is 1. The van der Waals surface area contributed by atoms with Gasteiger partial charge in [0.1, 0.15) is 5.75 Å². The first-order valence-electron chi connectivity index (χ1n) is 10.1. The quantitative estimate of drug-likeness (QED) is 0.483. The van der Waals surface area contributed by atoms with Gasteiger partial charge in [-0.25, -0.2) is 4.99 Å². The normalized spacial score (nSPS) is 20.0. The van der Waals surface area contributed by atoms with Crippen LogP contribution in [-0.4, -0.2) is 37.6 Å². The Morgan fingerprint density at radius 1 is 1.15 bits per heavy atom. The van der Waals surface area contributed by atoms with Crippen LogP contribution in [0.15, 0.2) is 29.3 Å². The average Bonchev–Trinajstić information content (AvgIpc) is 2.67. The van der Waals surface area contributed by atoms with Crippen molar-refractivity contribution in [1.82, 2.24) is 16.0 Å². The predicted octanol–water partition coefficient (Wildman–Crippen LogP) is 2.84. The minimum atomic E-state index is -0.110. The summed E-state index contributed by atoms with van der Waals surface area (Å²) in [6.45, 7) is 8.34. The highest BCUT2D eigenvalue weighted by Gasteiger charge is 2.18. The van der Waals surface area contributed by atoms with Gasteiger partial charge in [-0.05, 0) is 63.1 Å².